The number of hydrogen-bond donors (Lipinski definition) is 3. The second kappa shape index (κ2) is 9.57. The van der Waals surface area contributed by atoms with Crippen LogP contribution in [0.15, 0.2) is 0 Å². The number of rotatable bonds is 4. The molecule has 0 heterocycles. The zero-order valence-electron chi connectivity index (χ0n) is 7.28. The minimum atomic E-state index is -0.617. The Morgan fingerprint density at radius 2 is 1.85 bits per heavy atom. The number of amides is 2. The van der Waals surface area contributed by atoms with Crippen LogP contribution in [0.3, 0.4) is 0 Å². The Labute approximate surface area is 89.4 Å². The summed E-state index contributed by atoms with van der Waals surface area (Å²) in [6.07, 6.45) is 0.220. The van der Waals surface area contributed by atoms with Crippen molar-refractivity contribution in [1.29, 1.82) is 0 Å². The molecular formula is C6H15Cl2N3O2. The SMILES string of the molecule is C[C@@H](NC(=O)CCN)C(N)=O.Cl.Cl. The van der Waals surface area contributed by atoms with Crippen molar-refractivity contribution < 1.29 is 9.59 Å². The summed E-state index contributed by atoms with van der Waals surface area (Å²) < 4.78 is 0. The molecule has 0 radical (unpaired) electrons. The van der Waals surface area contributed by atoms with Crippen molar-refractivity contribution in [3.63, 3.8) is 0 Å². The molecule has 0 saturated carbocycles. The Morgan fingerprint density at radius 3 is 2.15 bits per heavy atom. The fourth-order valence-electron chi connectivity index (χ4n) is 0.516. The Bertz CT molecular complexity index is 166. The highest BCUT2D eigenvalue weighted by Crippen LogP contribution is 1.81. The van der Waals surface area contributed by atoms with E-state index < -0.39 is 11.9 Å². The quantitative estimate of drug-likeness (QED) is 0.589. The van der Waals surface area contributed by atoms with Crippen LogP contribution in [0.1, 0.15) is 13.3 Å². The molecule has 0 aromatic heterocycles. The molecule has 0 aromatic rings. The molecule has 1 atom stereocenters. The second-order valence-electron chi connectivity index (χ2n) is 2.23. The molecule has 0 aliphatic rings. The Kier molecular flexibility index (Phi) is 13.5. The first kappa shape index (κ1) is 18.3. The van der Waals surface area contributed by atoms with Gasteiger partial charge in [-0.2, -0.15) is 0 Å². The van der Waals surface area contributed by atoms with E-state index in [1.165, 1.54) is 6.92 Å². The van der Waals surface area contributed by atoms with Crippen molar-refractivity contribution in [2.75, 3.05) is 6.54 Å². The molecule has 0 bridgehead atoms. The van der Waals surface area contributed by atoms with Crippen molar-refractivity contribution >= 4 is 36.6 Å². The van der Waals surface area contributed by atoms with E-state index in [0.29, 0.717) is 0 Å². The highest BCUT2D eigenvalue weighted by Gasteiger charge is 2.10. The molecule has 2 amide bonds. The lowest BCUT2D eigenvalue weighted by Crippen LogP contribution is -2.42. The van der Waals surface area contributed by atoms with E-state index in [1.54, 1.807) is 0 Å². The van der Waals surface area contributed by atoms with E-state index in [-0.39, 0.29) is 43.7 Å². The lowest BCUT2D eigenvalue weighted by atomic mass is 10.3. The van der Waals surface area contributed by atoms with Gasteiger partial charge < -0.3 is 16.8 Å². The van der Waals surface area contributed by atoms with Crippen molar-refractivity contribution in [2.24, 2.45) is 11.5 Å². The van der Waals surface area contributed by atoms with Gasteiger partial charge in [-0.3, -0.25) is 9.59 Å². The average Bonchev–Trinajstić information content (AvgIpc) is 1.87. The zero-order chi connectivity index (χ0) is 8.85. The van der Waals surface area contributed by atoms with Gasteiger partial charge in [-0.15, -0.1) is 24.8 Å². The third-order valence-electron chi connectivity index (χ3n) is 1.18. The van der Waals surface area contributed by atoms with Gasteiger partial charge >= 0.3 is 0 Å². The number of nitrogens with one attached hydrogen (secondary N) is 1. The van der Waals surface area contributed by atoms with Gasteiger partial charge in [0.05, 0.1) is 0 Å². The molecule has 13 heavy (non-hydrogen) atoms. The van der Waals surface area contributed by atoms with Crippen LogP contribution in [0.2, 0.25) is 0 Å². The zero-order valence-corrected chi connectivity index (χ0v) is 8.91. The molecule has 0 aromatic carbocycles. The molecule has 80 valence electrons. The molecule has 0 rings (SSSR count). The summed E-state index contributed by atoms with van der Waals surface area (Å²) in [6.45, 7) is 1.80. The van der Waals surface area contributed by atoms with Crippen LogP contribution in [-0.4, -0.2) is 24.4 Å². The standard InChI is InChI=1S/C6H13N3O2.2ClH/c1-4(6(8)11)9-5(10)2-3-7;;/h4H,2-3,7H2,1H3,(H2,8,11)(H,9,10);2*1H/t4-;;/m1../s1. The number of primary amides is 1. The number of nitrogens with two attached hydrogens (primary N) is 2. The van der Waals surface area contributed by atoms with Gasteiger partial charge in [0, 0.05) is 13.0 Å². The van der Waals surface area contributed by atoms with Gasteiger partial charge in [-0.1, -0.05) is 0 Å². The number of carbonyl (C=O) groups excluding carboxylic acids is 2. The maximum Gasteiger partial charge on any atom is 0.239 e. The van der Waals surface area contributed by atoms with Gasteiger partial charge in [-0.05, 0) is 6.92 Å². The number of hydrogen-bond acceptors (Lipinski definition) is 3. The molecule has 5 N–H and O–H groups in total. The molecule has 0 fully saturated rings. The Balaban J connectivity index is -0.000000500. The summed E-state index contributed by atoms with van der Waals surface area (Å²) in [5.41, 5.74) is 10.00. The van der Waals surface area contributed by atoms with Gasteiger partial charge in [0.2, 0.25) is 11.8 Å². The minimum absolute atomic E-state index is 0. The van der Waals surface area contributed by atoms with E-state index in [1.807, 2.05) is 0 Å². The van der Waals surface area contributed by atoms with Crippen LogP contribution >= 0.6 is 24.8 Å². The van der Waals surface area contributed by atoms with Crippen molar-refractivity contribution in [1.82, 2.24) is 5.32 Å². The monoisotopic (exact) mass is 231 g/mol. The maximum absolute atomic E-state index is 10.8. The fourth-order valence-corrected chi connectivity index (χ4v) is 0.516. The molecule has 0 aliphatic heterocycles. The van der Waals surface area contributed by atoms with Crippen LogP contribution in [0.5, 0.6) is 0 Å². The second-order valence-corrected chi connectivity index (χ2v) is 2.23. The van der Waals surface area contributed by atoms with Gasteiger partial charge in [0.15, 0.2) is 0 Å². The summed E-state index contributed by atoms with van der Waals surface area (Å²) in [5, 5.41) is 2.39. The summed E-state index contributed by atoms with van der Waals surface area (Å²) in [5.74, 6) is -0.797. The highest BCUT2D eigenvalue weighted by molar-refractivity contribution is 5.86. The van der Waals surface area contributed by atoms with Gasteiger partial charge in [-0.25, -0.2) is 0 Å². The molecule has 0 spiro atoms. The summed E-state index contributed by atoms with van der Waals surface area (Å²) in [4.78, 5) is 21.2. The Morgan fingerprint density at radius 1 is 1.38 bits per heavy atom. The van der Waals surface area contributed by atoms with Crippen LogP contribution in [0, 0.1) is 0 Å². The maximum atomic E-state index is 10.8. The van der Waals surface area contributed by atoms with Crippen LogP contribution < -0.4 is 16.8 Å². The predicted molar refractivity (Wildman–Crippen MR) is 55.0 cm³/mol. The van der Waals surface area contributed by atoms with E-state index in [2.05, 4.69) is 5.32 Å². The van der Waals surface area contributed by atoms with E-state index in [9.17, 15) is 9.59 Å². The van der Waals surface area contributed by atoms with Crippen LogP contribution in [0.4, 0.5) is 0 Å². The normalized spacial score (nSPS) is 10.3. The van der Waals surface area contributed by atoms with Gasteiger partial charge in [0.1, 0.15) is 6.04 Å². The first-order valence-corrected chi connectivity index (χ1v) is 3.36. The van der Waals surface area contributed by atoms with Crippen LogP contribution in [-0.2, 0) is 9.59 Å². The van der Waals surface area contributed by atoms with Gasteiger partial charge in [0.25, 0.3) is 0 Å². The van der Waals surface area contributed by atoms with Crippen LogP contribution in [0.25, 0.3) is 0 Å². The third kappa shape index (κ3) is 9.39. The lowest BCUT2D eigenvalue weighted by molar-refractivity contribution is -0.126. The predicted octanol–water partition coefficient (Wildman–Crippen LogP) is -0.831. The highest BCUT2D eigenvalue weighted by atomic mass is 35.5. The third-order valence-corrected chi connectivity index (χ3v) is 1.18. The van der Waals surface area contributed by atoms with E-state index in [4.69, 9.17) is 11.5 Å². The topological polar surface area (TPSA) is 98.2 Å². The number of halogens is 2. The summed E-state index contributed by atoms with van der Waals surface area (Å²) in [7, 11) is 0. The molecule has 7 heteroatoms. The average molecular weight is 232 g/mol. The molecule has 0 saturated heterocycles. The largest absolute Gasteiger partial charge is 0.368 e. The van der Waals surface area contributed by atoms with E-state index in [0.717, 1.165) is 0 Å². The summed E-state index contributed by atoms with van der Waals surface area (Å²) >= 11 is 0. The molecular weight excluding hydrogens is 217 g/mol. The number of carbonyl (C=O) groups is 2. The molecule has 0 aliphatic carbocycles. The molecule has 0 unspecified atom stereocenters. The lowest BCUT2D eigenvalue weighted by Gasteiger charge is -2.08. The minimum Gasteiger partial charge on any atom is -0.368 e. The smallest absolute Gasteiger partial charge is 0.239 e. The van der Waals surface area contributed by atoms with Crippen molar-refractivity contribution in [2.45, 2.75) is 19.4 Å². The van der Waals surface area contributed by atoms with Crippen molar-refractivity contribution in [3.05, 3.63) is 0 Å². The molecule has 5 nitrogen and oxygen atoms in total. The first-order valence-electron chi connectivity index (χ1n) is 3.36. The Hall–Kier alpha value is -0.520. The summed E-state index contributed by atoms with van der Waals surface area (Å²) in [6, 6.07) is -0.617. The van der Waals surface area contributed by atoms with Crippen molar-refractivity contribution in [3.8, 4) is 0 Å². The van der Waals surface area contributed by atoms with E-state index >= 15 is 0 Å². The first-order chi connectivity index (χ1) is 5.07. The fraction of sp³-hybridized carbons (Fsp3) is 0.667.